The first-order valence-electron chi connectivity index (χ1n) is 8.20. The lowest BCUT2D eigenvalue weighted by molar-refractivity contribution is 0.243. The molecule has 2 nitrogen and oxygen atoms in total. The lowest BCUT2D eigenvalue weighted by atomic mass is 9.96. The lowest BCUT2D eigenvalue weighted by Gasteiger charge is -2.38. The van der Waals surface area contributed by atoms with Crippen molar-refractivity contribution in [1.82, 2.24) is 4.90 Å². The van der Waals surface area contributed by atoms with Crippen LogP contribution in [-0.2, 0) is 6.42 Å². The predicted molar refractivity (Wildman–Crippen MR) is 107 cm³/mol. The Bertz CT molecular complexity index is 706. The second-order valence-corrected chi connectivity index (χ2v) is 7.32. The Morgan fingerprint density at radius 1 is 1.12 bits per heavy atom. The summed E-state index contributed by atoms with van der Waals surface area (Å²) in [6.45, 7) is 0.981. The maximum Gasteiger partial charge on any atom is 0.173 e. The molecule has 1 aliphatic rings. The van der Waals surface area contributed by atoms with Gasteiger partial charge in [-0.25, -0.2) is 0 Å². The van der Waals surface area contributed by atoms with Crippen molar-refractivity contribution in [3.05, 3.63) is 64.1 Å². The fraction of sp³-hybridized carbons (Fsp3) is 0.316. The number of hydrogen-bond acceptors (Lipinski definition) is 1. The van der Waals surface area contributed by atoms with Gasteiger partial charge in [0.25, 0.3) is 0 Å². The first-order valence-corrected chi connectivity index (χ1v) is 9.36. The van der Waals surface area contributed by atoms with Crippen LogP contribution in [0.4, 0.5) is 5.69 Å². The Morgan fingerprint density at radius 2 is 1.92 bits per heavy atom. The van der Waals surface area contributed by atoms with E-state index in [0.717, 1.165) is 30.2 Å². The molecular formula is C19H20Cl2N2S. The van der Waals surface area contributed by atoms with Crippen LogP contribution in [0.3, 0.4) is 0 Å². The third-order valence-electron chi connectivity index (χ3n) is 4.37. The number of rotatable bonds is 3. The van der Waals surface area contributed by atoms with Crippen LogP contribution < -0.4 is 5.32 Å². The number of nitrogens with one attached hydrogen (secondary N) is 1. The quantitative estimate of drug-likeness (QED) is 0.680. The van der Waals surface area contributed by atoms with Crippen LogP contribution in [0.2, 0.25) is 10.0 Å². The van der Waals surface area contributed by atoms with Crippen molar-refractivity contribution in [3.8, 4) is 0 Å². The topological polar surface area (TPSA) is 15.3 Å². The highest BCUT2D eigenvalue weighted by Crippen LogP contribution is 2.27. The molecular weight excluding hydrogens is 359 g/mol. The summed E-state index contributed by atoms with van der Waals surface area (Å²) in [4.78, 5) is 2.30. The normalized spacial score (nSPS) is 17.6. The molecule has 0 amide bonds. The highest BCUT2D eigenvalue weighted by Gasteiger charge is 2.25. The van der Waals surface area contributed by atoms with Crippen LogP contribution in [0, 0.1) is 0 Å². The van der Waals surface area contributed by atoms with Crippen molar-refractivity contribution in [3.63, 3.8) is 0 Å². The van der Waals surface area contributed by atoms with Crippen LogP contribution >= 0.6 is 35.4 Å². The molecule has 2 aromatic rings. The van der Waals surface area contributed by atoms with Crippen molar-refractivity contribution in [1.29, 1.82) is 0 Å². The molecule has 1 unspecified atom stereocenters. The molecule has 3 rings (SSSR count). The second kappa shape index (κ2) is 8.19. The van der Waals surface area contributed by atoms with Gasteiger partial charge in [-0.05, 0) is 61.7 Å². The van der Waals surface area contributed by atoms with Gasteiger partial charge in [-0.15, -0.1) is 0 Å². The SMILES string of the molecule is S=C(Nc1ccc(Cl)cc1Cl)N1CCCCC1Cc1ccccc1. The van der Waals surface area contributed by atoms with Gasteiger partial charge < -0.3 is 10.2 Å². The van der Waals surface area contributed by atoms with Gasteiger partial charge in [-0.2, -0.15) is 0 Å². The number of thiocarbonyl (C=S) groups is 1. The summed E-state index contributed by atoms with van der Waals surface area (Å²) >= 11 is 17.9. The molecule has 0 aromatic heterocycles. The molecule has 1 heterocycles. The van der Waals surface area contributed by atoms with Crippen molar-refractivity contribution in [2.45, 2.75) is 31.7 Å². The maximum atomic E-state index is 6.25. The monoisotopic (exact) mass is 378 g/mol. The third kappa shape index (κ3) is 4.41. The summed E-state index contributed by atoms with van der Waals surface area (Å²) in [6.07, 6.45) is 4.59. The van der Waals surface area contributed by atoms with E-state index in [4.69, 9.17) is 35.4 Å². The molecule has 1 fully saturated rings. The highest BCUT2D eigenvalue weighted by molar-refractivity contribution is 7.80. The fourth-order valence-electron chi connectivity index (χ4n) is 3.14. The van der Waals surface area contributed by atoms with Crippen LogP contribution in [0.5, 0.6) is 0 Å². The van der Waals surface area contributed by atoms with E-state index in [1.807, 2.05) is 12.1 Å². The van der Waals surface area contributed by atoms with Crippen LogP contribution in [0.15, 0.2) is 48.5 Å². The summed E-state index contributed by atoms with van der Waals surface area (Å²) < 4.78 is 0. The summed E-state index contributed by atoms with van der Waals surface area (Å²) in [5.41, 5.74) is 2.15. The Labute approximate surface area is 158 Å². The summed E-state index contributed by atoms with van der Waals surface area (Å²) in [5.74, 6) is 0. The lowest BCUT2D eigenvalue weighted by Crippen LogP contribution is -2.46. The number of nitrogens with zero attached hydrogens (tertiary/aromatic N) is 1. The highest BCUT2D eigenvalue weighted by atomic mass is 35.5. The minimum Gasteiger partial charge on any atom is -0.346 e. The van der Waals surface area contributed by atoms with Crippen molar-refractivity contribution in [2.75, 3.05) is 11.9 Å². The summed E-state index contributed by atoms with van der Waals surface area (Å²) in [5, 5.41) is 5.23. The number of hydrogen-bond donors (Lipinski definition) is 1. The zero-order valence-electron chi connectivity index (χ0n) is 13.3. The van der Waals surface area contributed by atoms with E-state index in [9.17, 15) is 0 Å². The zero-order valence-corrected chi connectivity index (χ0v) is 15.7. The minimum atomic E-state index is 0.423. The van der Waals surface area contributed by atoms with Gasteiger partial charge in [0, 0.05) is 17.6 Å². The Kier molecular flexibility index (Phi) is 5.99. The molecule has 1 N–H and O–H groups in total. The molecule has 2 aromatic carbocycles. The van der Waals surface area contributed by atoms with Crippen LogP contribution in [0.25, 0.3) is 0 Å². The Hall–Kier alpha value is -1.29. The van der Waals surface area contributed by atoms with Gasteiger partial charge in [-0.1, -0.05) is 53.5 Å². The molecule has 24 heavy (non-hydrogen) atoms. The molecule has 0 saturated carbocycles. The molecule has 1 saturated heterocycles. The molecule has 1 aliphatic heterocycles. The van der Waals surface area contributed by atoms with Gasteiger partial charge in [0.05, 0.1) is 10.7 Å². The molecule has 5 heteroatoms. The van der Waals surface area contributed by atoms with Crippen molar-refractivity contribution >= 4 is 46.2 Å². The van der Waals surface area contributed by atoms with E-state index in [2.05, 4.69) is 40.5 Å². The molecule has 1 atom stereocenters. The summed E-state index contributed by atoms with van der Waals surface area (Å²) in [7, 11) is 0. The van der Waals surface area contributed by atoms with E-state index < -0.39 is 0 Å². The largest absolute Gasteiger partial charge is 0.346 e. The first kappa shape index (κ1) is 17.5. The maximum absolute atomic E-state index is 6.25. The third-order valence-corrected chi connectivity index (χ3v) is 5.26. The average Bonchev–Trinajstić information content (AvgIpc) is 2.59. The number of likely N-dealkylation sites (tertiary alicyclic amines) is 1. The standard InChI is InChI=1S/C19H20Cl2N2S/c20-15-9-10-18(17(21)13-15)22-19(24)23-11-5-4-8-16(23)12-14-6-2-1-3-7-14/h1-3,6-7,9-10,13,16H,4-5,8,11-12H2,(H,22,24). The molecule has 0 radical (unpaired) electrons. The Balaban J connectivity index is 1.71. The second-order valence-electron chi connectivity index (χ2n) is 6.09. The number of anilines is 1. The van der Waals surface area contributed by atoms with Gasteiger partial charge in [0.2, 0.25) is 0 Å². The molecule has 0 aliphatic carbocycles. The van der Waals surface area contributed by atoms with Gasteiger partial charge in [0.1, 0.15) is 0 Å². The van der Waals surface area contributed by atoms with Gasteiger partial charge in [-0.3, -0.25) is 0 Å². The van der Waals surface area contributed by atoms with Gasteiger partial charge in [0.15, 0.2) is 5.11 Å². The molecule has 0 spiro atoms. The van der Waals surface area contributed by atoms with Crippen LogP contribution in [0.1, 0.15) is 24.8 Å². The van der Waals surface area contributed by atoms with Crippen LogP contribution in [-0.4, -0.2) is 22.6 Å². The van der Waals surface area contributed by atoms with E-state index in [1.54, 1.807) is 6.07 Å². The molecule has 0 bridgehead atoms. The van der Waals surface area contributed by atoms with E-state index >= 15 is 0 Å². The number of piperidine rings is 1. The number of halogens is 2. The van der Waals surface area contributed by atoms with E-state index in [1.165, 1.54) is 18.4 Å². The molecule has 126 valence electrons. The zero-order chi connectivity index (χ0) is 16.9. The van der Waals surface area contributed by atoms with Crippen molar-refractivity contribution in [2.24, 2.45) is 0 Å². The Morgan fingerprint density at radius 3 is 2.67 bits per heavy atom. The van der Waals surface area contributed by atoms with Crippen molar-refractivity contribution < 1.29 is 0 Å². The summed E-state index contributed by atoms with van der Waals surface area (Å²) in [6, 6.07) is 16.4. The minimum absolute atomic E-state index is 0.423. The average molecular weight is 379 g/mol. The predicted octanol–water partition coefficient (Wildman–Crippen LogP) is 5.79. The van der Waals surface area contributed by atoms with Gasteiger partial charge >= 0.3 is 0 Å². The van der Waals surface area contributed by atoms with E-state index in [-0.39, 0.29) is 0 Å². The van der Waals surface area contributed by atoms with E-state index in [0.29, 0.717) is 16.1 Å². The first-order chi connectivity index (χ1) is 11.6. The fourth-order valence-corrected chi connectivity index (χ4v) is 3.95. The number of benzene rings is 2. The smallest absolute Gasteiger partial charge is 0.173 e.